The molecule has 1 heterocycles. The van der Waals surface area contributed by atoms with Crippen molar-refractivity contribution >= 4 is 11.6 Å². The molecule has 4 heteroatoms. The highest BCUT2D eigenvalue weighted by Gasteiger charge is 2.36. The summed E-state index contributed by atoms with van der Waals surface area (Å²) in [5.41, 5.74) is 6.06. The minimum atomic E-state index is -0.507. The standard InChI is InChI=1S/C16H21FN2O/c17-14-10-12(18)7-8-13(14)16(20)19-9-3-5-11-4-1-2-6-15(11)19/h7-8,10-11,15H,1-6,9,18H2/t11-,15-/m1/s1. The summed E-state index contributed by atoms with van der Waals surface area (Å²) in [6, 6.07) is 4.65. The molecule has 0 spiro atoms. The molecule has 1 aromatic carbocycles. The molecule has 2 fully saturated rings. The van der Waals surface area contributed by atoms with Crippen LogP contribution < -0.4 is 5.73 Å². The van der Waals surface area contributed by atoms with E-state index in [1.807, 2.05) is 4.90 Å². The Morgan fingerprint density at radius 2 is 1.95 bits per heavy atom. The number of hydrogen-bond acceptors (Lipinski definition) is 2. The second kappa shape index (κ2) is 5.43. The van der Waals surface area contributed by atoms with Crippen molar-refractivity contribution in [2.45, 2.75) is 44.6 Å². The van der Waals surface area contributed by atoms with Crippen LogP contribution in [-0.4, -0.2) is 23.4 Å². The van der Waals surface area contributed by atoms with Crippen LogP contribution in [0.15, 0.2) is 18.2 Å². The normalized spacial score (nSPS) is 26.1. The zero-order valence-electron chi connectivity index (χ0n) is 11.6. The fourth-order valence-electron chi connectivity index (χ4n) is 3.74. The number of fused-ring (bicyclic) bond motifs is 1. The largest absolute Gasteiger partial charge is 0.399 e. The molecule has 0 bridgehead atoms. The summed E-state index contributed by atoms with van der Waals surface area (Å²) in [7, 11) is 0. The Kier molecular flexibility index (Phi) is 3.64. The lowest BCUT2D eigenvalue weighted by Crippen LogP contribution is -2.49. The van der Waals surface area contributed by atoms with Gasteiger partial charge in [-0.3, -0.25) is 4.79 Å². The molecule has 108 valence electrons. The second-order valence-corrected chi connectivity index (χ2v) is 5.99. The van der Waals surface area contributed by atoms with Crippen LogP contribution in [0.4, 0.5) is 10.1 Å². The van der Waals surface area contributed by atoms with Crippen LogP contribution >= 0.6 is 0 Å². The van der Waals surface area contributed by atoms with Gasteiger partial charge in [0.2, 0.25) is 0 Å². The Morgan fingerprint density at radius 3 is 2.75 bits per heavy atom. The van der Waals surface area contributed by atoms with Gasteiger partial charge in [0.05, 0.1) is 5.56 Å². The average Bonchev–Trinajstić information content (AvgIpc) is 2.46. The Labute approximate surface area is 118 Å². The van der Waals surface area contributed by atoms with Crippen LogP contribution in [0.1, 0.15) is 48.9 Å². The van der Waals surface area contributed by atoms with Gasteiger partial charge in [-0.25, -0.2) is 4.39 Å². The van der Waals surface area contributed by atoms with E-state index in [9.17, 15) is 9.18 Å². The third-order valence-electron chi connectivity index (χ3n) is 4.73. The van der Waals surface area contributed by atoms with Gasteiger partial charge < -0.3 is 10.6 Å². The maximum atomic E-state index is 14.0. The summed E-state index contributed by atoms with van der Waals surface area (Å²) in [5, 5.41) is 0. The third kappa shape index (κ3) is 2.39. The zero-order valence-corrected chi connectivity index (χ0v) is 11.6. The highest BCUT2D eigenvalue weighted by atomic mass is 19.1. The van der Waals surface area contributed by atoms with Crippen LogP contribution in [0.2, 0.25) is 0 Å². The van der Waals surface area contributed by atoms with Gasteiger partial charge in [0.15, 0.2) is 0 Å². The SMILES string of the molecule is Nc1ccc(C(=O)N2CCC[C@H]3CCCC[C@H]32)c(F)c1. The van der Waals surface area contributed by atoms with Crippen LogP contribution in [0.25, 0.3) is 0 Å². The molecule has 1 saturated carbocycles. The molecular formula is C16H21FN2O. The van der Waals surface area contributed by atoms with E-state index in [-0.39, 0.29) is 11.5 Å². The minimum Gasteiger partial charge on any atom is -0.399 e. The first-order valence-corrected chi connectivity index (χ1v) is 7.53. The summed E-state index contributed by atoms with van der Waals surface area (Å²) in [5.74, 6) is -0.0645. The Bertz CT molecular complexity index is 515. The first kappa shape index (κ1) is 13.4. The van der Waals surface area contributed by atoms with Gasteiger partial charge in [-0.15, -0.1) is 0 Å². The second-order valence-electron chi connectivity index (χ2n) is 5.99. The van der Waals surface area contributed by atoms with E-state index < -0.39 is 5.82 Å². The minimum absolute atomic E-state index is 0.158. The molecule has 1 aromatic rings. The molecule has 2 aliphatic rings. The van der Waals surface area contributed by atoms with Gasteiger partial charge in [-0.1, -0.05) is 12.8 Å². The van der Waals surface area contributed by atoms with Crippen molar-refractivity contribution in [2.24, 2.45) is 5.92 Å². The maximum absolute atomic E-state index is 14.0. The highest BCUT2D eigenvalue weighted by Crippen LogP contribution is 2.36. The summed E-state index contributed by atoms with van der Waals surface area (Å²) < 4.78 is 14.0. The van der Waals surface area contributed by atoms with Gasteiger partial charge in [0, 0.05) is 18.3 Å². The molecule has 0 unspecified atom stereocenters. The number of rotatable bonds is 1. The molecule has 1 saturated heterocycles. The number of amides is 1. The van der Waals surface area contributed by atoms with Gasteiger partial charge in [0.25, 0.3) is 5.91 Å². The van der Waals surface area contributed by atoms with E-state index in [1.165, 1.54) is 37.8 Å². The van der Waals surface area contributed by atoms with Crippen molar-refractivity contribution in [3.05, 3.63) is 29.6 Å². The molecule has 20 heavy (non-hydrogen) atoms. The first-order valence-electron chi connectivity index (χ1n) is 7.53. The number of carbonyl (C=O) groups excluding carboxylic acids is 1. The lowest BCUT2D eigenvalue weighted by atomic mass is 9.78. The highest BCUT2D eigenvalue weighted by molar-refractivity contribution is 5.95. The predicted molar refractivity (Wildman–Crippen MR) is 76.8 cm³/mol. The van der Waals surface area contributed by atoms with E-state index in [2.05, 4.69) is 0 Å². The molecular weight excluding hydrogens is 255 g/mol. The molecule has 2 N–H and O–H groups in total. The number of anilines is 1. The van der Waals surface area contributed by atoms with Crippen molar-refractivity contribution < 1.29 is 9.18 Å². The summed E-state index contributed by atoms with van der Waals surface area (Å²) in [6.45, 7) is 0.754. The molecule has 1 amide bonds. The number of piperidine rings is 1. The van der Waals surface area contributed by atoms with E-state index >= 15 is 0 Å². The molecule has 3 rings (SSSR count). The van der Waals surface area contributed by atoms with Crippen molar-refractivity contribution in [1.82, 2.24) is 4.90 Å². The number of likely N-dealkylation sites (tertiary alicyclic amines) is 1. The smallest absolute Gasteiger partial charge is 0.257 e. The Hall–Kier alpha value is -1.58. The zero-order chi connectivity index (χ0) is 14.1. The fraction of sp³-hybridized carbons (Fsp3) is 0.562. The van der Waals surface area contributed by atoms with Gasteiger partial charge in [0.1, 0.15) is 5.82 Å². The molecule has 2 atom stereocenters. The Balaban J connectivity index is 1.85. The van der Waals surface area contributed by atoms with Crippen molar-refractivity contribution in [2.75, 3.05) is 12.3 Å². The monoisotopic (exact) mass is 276 g/mol. The van der Waals surface area contributed by atoms with Gasteiger partial charge in [-0.2, -0.15) is 0 Å². The molecule has 1 aliphatic heterocycles. The predicted octanol–water partition coefficient (Wildman–Crippen LogP) is 3.20. The van der Waals surface area contributed by atoms with Crippen molar-refractivity contribution in [1.29, 1.82) is 0 Å². The Morgan fingerprint density at radius 1 is 1.20 bits per heavy atom. The van der Waals surface area contributed by atoms with Crippen LogP contribution in [-0.2, 0) is 0 Å². The topological polar surface area (TPSA) is 46.3 Å². The molecule has 0 radical (unpaired) electrons. The third-order valence-corrected chi connectivity index (χ3v) is 4.73. The number of hydrogen-bond donors (Lipinski definition) is 1. The van der Waals surface area contributed by atoms with Crippen LogP contribution in [0, 0.1) is 11.7 Å². The number of benzene rings is 1. The number of carbonyl (C=O) groups is 1. The van der Waals surface area contributed by atoms with E-state index in [0.717, 1.165) is 19.4 Å². The lowest BCUT2D eigenvalue weighted by Gasteiger charge is -2.44. The van der Waals surface area contributed by atoms with Gasteiger partial charge in [-0.05, 0) is 49.8 Å². The summed E-state index contributed by atoms with van der Waals surface area (Å²) >= 11 is 0. The number of halogens is 1. The lowest BCUT2D eigenvalue weighted by molar-refractivity contribution is 0.0386. The molecule has 1 aliphatic carbocycles. The fourth-order valence-corrected chi connectivity index (χ4v) is 3.74. The molecule has 3 nitrogen and oxygen atoms in total. The number of nitrogens with zero attached hydrogens (tertiary/aromatic N) is 1. The maximum Gasteiger partial charge on any atom is 0.257 e. The number of nitrogen functional groups attached to an aromatic ring is 1. The van der Waals surface area contributed by atoms with Crippen molar-refractivity contribution in [3.8, 4) is 0 Å². The molecule has 0 aromatic heterocycles. The summed E-state index contributed by atoms with van der Waals surface area (Å²) in [4.78, 5) is 14.5. The van der Waals surface area contributed by atoms with E-state index in [0.29, 0.717) is 17.6 Å². The summed E-state index contributed by atoms with van der Waals surface area (Å²) in [6.07, 6.45) is 6.95. The average molecular weight is 276 g/mol. The quantitative estimate of drug-likeness (QED) is 0.801. The van der Waals surface area contributed by atoms with E-state index in [4.69, 9.17) is 5.73 Å². The van der Waals surface area contributed by atoms with Crippen molar-refractivity contribution in [3.63, 3.8) is 0 Å². The van der Waals surface area contributed by atoms with Gasteiger partial charge >= 0.3 is 0 Å². The first-order chi connectivity index (χ1) is 9.66. The van der Waals surface area contributed by atoms with Crippen LogP contribution in [0.5, 0.6) is 0 Å². The van der Waals surface area contributed by atoms with E-state index in [1.54, 1.807) is 6.07 Å². The number of nitrogens with two attached hydrogens (primary N) is 1. The van der Waals surface area contributed by atoms with Crippen LogP contribution in [0.3, 0.4) is 0 Å².